The van der Waals surface area contributed by atoms with E-state index in [-0.39, 0.29) is 6.04 Å². The average Bonchev–Trinajstić information content (AvgIpc) is 3.01. The summed E-state index contributed by atoms with van der Waals surface area (Å²) in [7, 11) is -2.77. The normalized spacial score (nSPS) is 29.5. The molecule has 1 saturated heterocycles. The molecule has 1 N–H and O–H groups in total. The number of rotatable bonds is 5. The van der Waals surface area contributed by atoms with Crippen LogP contribution >= 0.6 is 0 Å². The summed E-state index contributed by atoms with van der Waals surface area (Å²) in [6.07, 6.45) is 3.61. The molecule has 1 unspecified atom stereocenters. The maximum Gasteiger partial charge on any atom is 0.153 e. The zero-order valence-corrected chi connectivity index (χ0v) is 10.8. The van der Waals surface area contributed by atoms with Crippen LogP contribution in [-0.4, -0.2) is 56.5 Å². The van der Waals surface area contributed by atoms with Crippen molar-refractivity contribution < 1.29 is 8.42 Å². The number of nitrogens with one attached hydrogen (secondary N) is 1. The van der Waals surface area contributed by atoms with Gasteiger partial charge in [-0.15, -0.1) is 0 Å². The fourth-order valence-corrected chi connectivity index (χ4v) is 3.91. The van der Waals surface area contributed by atoms with E-state index in [0.717, 1.165) is 25.6 Å². The summed E-state index contributed by atoms with van der Waals surface area (Å²) in [6.45, 7) is 4.93. The summed E-state index contributed by atoms with van der Waals surface area (Å²) >= 11 is 0. The lowest BCUT2D eigenvalue weighted by Crippen LogP contribution is -2.46. The quantitative estimate of drug-likeness (QED) is 0.755. The van der Waals surface area contributed by atoms with Gasteiger partial charge in [-0.2, -0.15) is 0 Å². The summed E-state index contributed by atoms with van der Waals surface area (Å²) in [6, 6.07) is 0.955. The Kier molecular flexibility index (Phi) is 3.87. The number of sulfone groups is 1. The number of hydrogen-bond acceptors (Lipinski definition) is 4. The number of hydrogen-bond donors (Lipinski definition) is 1. The van der Waals surface area contributed by atoms with Crippen LogP contribution in [0.5, 0.6) is 0 Å². The highest BCUT2D eigenvalue weighted by Crippen LogP contribution is 2.26. The van der Waals surface area contributed by atoms with E-state index < -0.39 is 9.84 Å². The Bertz CT molecular complexity index is 325. The Morgan fingerprint density at radius 3 is 2.69 bits per heavy atom. The van der Waals surface area contributed by atoms with E-state index in [1.165, 1.54) is 12.8 Å². The maximum absolute atomic E-state index is 11.5. The molecule has 2 rings (SSSR count). The van der Waals surface area contributed by atoms with Crippen molar-refractivity contribution in [2.75, 3.05) is 31.1 Å². The van der Waals surface area contributed by atoms with Crippen molar-refractivity contribution in [1.82, 2.24) is 10.2 Å². The zero-order valence-electron chi connectivity index (χ0n) is 9.98. The van der Waals surface area contributed by atoms with Crippen molar-refractivity contribution >= 4 is 9.84 Å². The minimum Gasteiger partial charge on any atom is -0.312 e. The molecule has 16 heavy (non-hydrogen) atoms. The van der Waals surface area contributed by atoms with Crippen molar-refractivity contribution in [1.29, 1.82) is 0 Å². The number of nitrogens with zero attached hydrogens (tertiary/aromatic N) is 1. The van der Waals surface area contributed by atoms with Crippen LogP contribution in [0.25, 0.3) is 0 Å². The van der Waals surface area contributed by atoms with Crippen LogP contribution in [0, 0.1) is 0 Å². The van der Waals surface area contributed by atoms with E-state index >= 15 is 0 Å². The molecule has 0 aromatic rings. The molecule has 0 radical (unpaired) electrons. The molecule has 1 heterocycles. The highest BCUT2D eigenvalue weighted by molar-refractivity contribution is 7.91. The minimum absolute atomic E-state index is 0.173. The SMILES string of the molecule is CCN(CCC1CS(=O)(=O)CCN1)C1CC1. The summed E-state index contributed by atoms with van der Waals surface area (Å²) in [5.41, 5.74) is 0. The fraction of sp³-hybridized carbons (Fsp3) is 1.00. The van der Waals surface area contributed by atoms with E-state index in [4.69, 9.17) is 0 Å². The van der Waals surface area contributed by atoms with Gasteiger partial charge in [-0.25, -0.2) is 8.42 Å². The summed E-state index contributed by atoms with van der Waals surface area (Å²) in [5, 5.41) is 3.31. The highest BCUT2D eigenvalue weighted by Gasteiger charge is 2.29. The third kappa shape index (κ3) is 3.43. The van der Waals surface area contributed by atoms with E-state index in [0.29, 0.717) is 18.1 Å². The van der Waals surface area contributed by atoms with Gasteiger partial charge in [-0.1, -0.05) is 6.92 Å². The molecule has 0 bridgehead atoms. The predicted molar refractivity (Wildman–Crippen MR) is 65.3 cm³/mol. The van der Waals surface area contributed by atoms with E-state index in [2.05, 4.69) is 17.1 Å². The topological polar surface area (TPSA) is 49.4 Å². The molecule has 1 aliphatic carbocycles. The minimum atomic E-state index is -2.77. The molecule has 1 aliphatic heterocycles. The molecule has 0 spiro atoms. The van der Waals surface area contributed by atoms with Crippen molar-refractivity contribution in [2.24, 2.45) is 0 Å². The van der Waals surface area contributed by atoms with Gasteiger partial charge in [0.15, 0.2) is 9.84 Å². The smallest absolute Gasteiger partial charge is 0.153 e. The Hall–Kier alpha value is -0.130. The molecular formula is C11H22N2O2S. The highest BCUT2D eigenvalue weighted by atomic mass is 32.2. The average molecular weight is 246 g/mol. The molecule has 0 aromatic carbocycles. The second kappa shape index (κ2) is 5.02. The van der Waals surface area contributed by atoms with Crippen LogP contribution in [0.15, 0.2) is 0 Å². The summed E-state index contributed by atoms with van der Waals surface area (Å²) < 4.78 is 22.9. The monoisotopic (exact) mass is 246 g/mol. The van der Waals surface area contributed by atoms with E-state index in [1.807, 2.05) is 0 Å². The first-order valence-electron chi connectivity index (χ1n) is 6.28. The second-order valence-electron chi connectivity index (χ2n) is 4.91. The predicted octanol–water partition coefficient (Wildman–Crippen LogP) is 0.247. The summed E-state index contributed by atoms with van der Waals surface area (Å²) in [4.78, 5) is 2.48. The maximum atomic E-state index is 11.5. The lowest BCUT2D eigenvalue weighted by atomic mass is 10.2. The molecule has 1 atom stereocenters. The van der Waals surface area contributed by atoms with Gasteiger partial charge in [-0.05, 0) is 32.4 Å². The molecule has 2 fully saturated rings. The Balaban J connectivity index is 1.76. The van der Waals surface area contributed by atoms with Crippen LogP contribution in [0.1, 0.15) is 26.2 Å². The van der Waals surface area contributed by atoms with E-state index in [9.17, 15) is 8.42 Å². The van der Waals surface area contributed by atoms with Gasteiger partial charge in [-0.3, -0.25) is 0 Å². The molecule has 94 valence electrons. The van der Waals surface area contributed by atoms with Crippen LogP contribution in [0.4, 0.5) is 0 Å². The molecule has 5 heteroatoms. The van der Waals surface area contributed by atoms with Crippen molar-refractivity contribution in [3.05, 3.63) is 0 Å². The Morgan fingerprint density at radius 2 is 2.12 bits per heavy atom. The van der Waals surface area contributed by atoms with Crippen LogP contribution in [-0.2, 0) is 9.84 Å². The first-order chi connectivity index (χ1) is 7.61. The molecular weight excluding hydrogens is 224 g/mol. The van der Waals surface area contributed by atoms with Gasteiger partial charge in [0.25, 0.3) is 0 Å². The van der Waals surface area contributed by atoms with Gasteiger partial charge >= 0.3 is 0 Å². The molecule has 1 saturated carbocycles. The Labute approximate surface area is 98.3 Å². The van der Waals surface area contributed by atoms with Gasteiger partial charge in [0.2, 0.25) is 0 Å². The summed E-state index contributed by atoms with van der Waals surface area (Å²) in [5.74, 6) is 0.638. The van der Waals surface area contributed by atoms with Crippen LogP contribution < -0.4 is 5.32 Å². The van der Waals surface area contributed by atoms with Crippen molar-refractivity contribution in [3.63, 3.8) is 0 Å². The van der Waals surface area contributed by atoms with Gasteiger partial charge in [0.05, 0.1) is 11.5 Å². The lowest BCUT2D eigenvalue weighted by Gasteiger charge is -2.27. The van der Waals surface area contributed by atoms with Crippen LogP contribution in [0.3, 0.4) is 0 Å². The van der Waals surface area contributed by atoms with Crippen LogP contribution in [0.2, 0.25) is 0 Å². The fourth-order valence-electron chi connectivity index (χ4n) is 2.41. The van der Waals surface area contributed by atoms with Crippen molar-refractivity contribution in [3.8, 4) is 0 Å². The molecule has 4 nitrogen and oxygen atoms in total. The largest absolute Gasteiger partial charge is 0.312 e. The Morgan fingerprint density at radius 1 is 1.38 bits per heavy atom. The standard InChI is InChI=1S/C11H22N2O2S/c1-2-13(11-3-4-11)7-5-10-9-16(14,15)8-6-12-10/h10-12H,2-9H2,1H3. The first kappa shape index (κ1) is 12.3. The molecule has 0 amide bonds. The molecule has 2 aliphatic rings. The third-order valence-electron chi connectivity index (χ3n) is 3.54. The zero-order chi connectivity index (χ0) is 11.6. The first-order valence-corrected chi connectivity index (χ1v) is 8.11. The third-order valence-corrected chi connectivity index (χ3v) is 5.27. The van der Waals surface area contributed by atoms with Gasteiger partial charge < -0.3 is 10.2 Å². The van der Waals surface area contributed by atoms with E-state index in [1.54, 1.807) is 0 Å². The van der Waals surface area contributed by atoms with Gasteiger partial charge in [0.1, 0.15) is 0 Å². The lowest BCUT2D eigenvalue weighted by molar-refractivity contribution is 0.261. The van der Waals surface area contributed by atoms with Gasteiger partial charge in [0, 0.05) is 18.6 Å². The van der Waals surface area contributed by atoms with Crippen molar-refractivity contribution in [2.45, 2.75) is 38.3 Å². The molecule has 0 aromatic heterocycles. The second-order valence-corrected chi connectivity index (χ2v) is 7.14.